The number of aromatic nitrogens is 3. The Morgan fingerprint density at radius 2 is 2.00 bits per heavy atom. The van der Waals surface area contributed by atoms with Crippen molar-refractivity contribution >= 4 is 5.95 Å². The Morgan fingerprint density at radius 1 is 1.24 bits per heavy atom. The number of methoxy groups -OCH3 is 2. The van der Waals surface area contributed by atoms with Gasteiger partial charge in [0.2, 0.25) is 5.95 Å². The lowest BCUT2D eigenvalue weighted by atomic mass is 10.2. The Labute approximate surface area is 99.0 Å². The summed E-state index contributed by atoms with van der Waals surface area (Å²) >= 11 is 0. The molecule has 0 spiro atoms. The summed E-state index contributed by atoms with van der Waals surface area (Å²) in [6, 6.07) is 5.43. The minimum atomic E-state index is 0.352. The van der Waals surface area contributed by atoms with Crippen LogP contribution < -0.4 is 15.2 Å². The first-order chi connectivity index (χ1) is 8.15. The number of ether oxygens (including phenoxy) is 2. The Kier molecular flexibility index (Phi) is 2.86. The van der Waals surface area contributed by atoms with E-state index in [-0.39, 0.29) is 0 Å². The van der Waals surface area contributed by atoms with Crippen LogP contribution in [0.4, 0.5) is 5.95 Å². The SMILES string of the molecule is COc1ccc(OC)c(-c2nc(N)n(C)n2)c1. The Morgan fingerprint density at radius 3 is 2.53 bits per heavy atom. The molecule has 0 amide bonds. The molecule has 0 aliphatic carbocycles. The van der Waals surface area contributed by atoms with E-state index < -0.39 is 0 Å². The molecular formula is C11H14N4O2. The van der Waals surface area contributed by atoms with E-state index in [9.17, 15) is 0 Å². The summed E-state index contributed by atoms with van der Waals surface area (Å²) in [4.78, 5) is 4.16. The van der Waals surface area contributed by atoms with Crippen molar-refractivity contribution in [2.75, 3.05) is 20.0 Å². The van der Waals surface area contributed by atoms with Gasteiger partial charge in [-0.2, -0.15) is 4.98 Å². The van der Waals surface area contributed by atoms with E-state index in [2.05, 4.69) is 10.1 Å². The molecule has 0 aliphatic heterocycles. The smallest absolute Gasteiger partial charge is 0.218 e. The van der Waals surface area contributed by atoms with Crippen molar-refractivity contribution in [1.29, 1.82) is 0 Å². The van der Waals surface area contributed by atoms with Crippen LogP contribution in [0.25, 0.3) is 11.4 Å². The van der Waals surface area contributed by atoms with Crippen molar-refractivity contribution < 1.29 is 9.47 Å². The molecule has 0 unspecified atom stereocenters. The number of nitrogen functional groups attached to an aromatic ring is 1. The van der Waals surface area contributed by atoms with E-state index in [1.165, 1.54) is 4.68 Å². The first-order valence-corrected chi connectivity index (χ1v) is 5.04. The predicted octanol–water partition coefficient (Wildman–Crippen LogP) is 1.08. The van der Waals surface area contributed by atoms with Gasteiger partial charge in [0, 0.05) is 7.05 Å². The van der Waals surface area contributed by atoms with Crippen molar-refractivity contribution in [3.05, 3.63) is 18.2 Å². The van der Waals surface area contributed by atoms with Gasteiger partial charge in [-0.15, -0.1) is 5.10 Å². The summed E-state index contributed by atoms with van der Waals surface area (Å²) < 4.78 is 11.9. The second-order valence-corrected chi connectivity index (χ2v) is 3.48. The maximum Gasteiger partial charge on any atom is 0.218 e. The predicted molar refractivity (Wildman–Crippen MR) is 64.0 cm³/mol. The average Bonchev–Trinajstić information content (AvgIpc) is 2.68. The van der Waals surface area contributed by atoms with Gasteiger partial charge >= 0.3 is 0 Å². The van der Waals surface area contributed by atoms with E-state index in [1.54, 1.807) is 27.3 Å². The fourth-order valence-electron chi connectivity index (χ4n) is 1.50. The summed E-state index contributed by atoms with van der Waals surface area (Å²) in [5.74, 6) is 2.26. The van der Waals surface area contributed by atoms with E-state index in [0.29, 0.717) is 23.3 Å². The van der Waals surface area contributed by atoms with Crippen LogP contribution in [0.3, 0.4) is 0 Å². The third-order valence-electron chi connectivity index (χ3n) is 2.44. The minimum absolute atomic E-state index is 0.352. The van der Waals surface area contributed by atoms with Crippen LogP contribution in [-0.2, 0) is 7.05 Å². The summed E-state index contributed by atoms with van der Waals surface area (Å²) in [5.41, 5.74) is 6.41. The van der Waals surface area contributed by atoms with E-state index in [0.717, 1.165) is 5.56 Å². The van der Waals surface area contributed by atoms with Crippen LogP contribution in [0.5, 0.6) is 11.5 Å². The molecule has 17 heavy (non-hydrogen) atoms. The molecule has 0 radical (unpaired) electrons. The zero-order valence-electron chi connectivity index (χ0n) is 9.97. The third kappa shape index (κ3) is 2.01. The van der Waals surface area contributed by atoms with Gasteiger partial charge in [-0.25, -0.2) is 4.68 Å². The van der Waals surface area contributed by atoms with Crippen LogP contribution in [0.15, 0.2) is 18.2 Å². The summed E-state index contributed by atoms with van der Waals surface area (Å²) in [5, 5.41) is 4.21. The Bertz CT molecular complexity index is 517. The maximum absolute atomic E-state index is 5.66. The van der Waals surface area contributed by atoms with Crippen LogP contribution in [0.1, 0.15) is 0 Å². The molecule has 2 aromatic rings. The van der Waals surface area contributed by atoms with Crippen LogP contribution in [-0.4, -0.2) is 29.0 Å². The monoisotopic (exact) mass is 234 g/mol. The molecule has 2 N–H and O–H groups in total. The molecule has 0 fully saturated rings. The highest BCUT2D eigenvalue weighted by Crippen LogP contribution is 2.31. The van der Waals surface area contributed by atoms with Gasteiger partial charge in [-0.3, -0.25) is 0 Å². The second-order valence-electron chi connectivity index (χ2n) is 3.48. The molecule has 0 saturated carbocycles. The van der Waals surface area contributed by atoms with Crippen molar-refractivity contribution in [2.45, 2.75) is 0 Å². The number of anilines is 1. The number of hydrogen-bond acceptors (Lipinski definition) is 5. The summed E-state index contributed by atoms with van der Waals surface area (Å²) in [7, 11) is 4.93. The Hall–Kier alpha value is -2.24. The molecule has 0 atom stereocenters. The molecule has 0 aliphatic rings. The molecule has 2 rings (SSSR count). The number of nitrogens with zero attached hydrogens (tertiary/aromatic N) is 3. The topological polar surface area (TPSA) is 75.2 Å². The number of benzene rings is 1. The highest BCUT2D eigenvalue weighted by molar-refractivity contribution is 5.66. The zero-order chi connectivity index (χ0) is 12.4. The van der Waals surface area contributed by atoms with Gasteiger partial charge < -0.3 is 15.2 Å². The maximum atomic E-state index is 5.66. The molecule has 6 nitrogen and oxygen atoms in total. The fraction of sp³-hybridized carbons (Fsp3) is 0.273. The van der Waals surface area contributed by atoms with Crippen molar-refractivity contribution in [2.24, 2.45) is 7.05 Å². The fourth-order valence-corrected chi connectivity index (χ4v) is 1.50. The third-order valence-corrected chi connectivity index (χ3v) is 2.44. The molecule has 1 aromatic heterocycles. The van der Waals surface area contributed by atoms with Crippen LogP contribution in [0.2, 0.25) is 0 Å². The highest BCUT2D eigenvalue weighted by Gasteiger charge is 2.13. The Balaban J connectivity index is 2.55. The largest absolute Gasteiger partial charge is 0.497 e. The lowest BCUT2D eigenvalue weighted by Crippen LogP contribution is -1.97. The van der Waals surface area contributed by atoms with Crippen molar-refractivity contribution in [3.8, 4) is 22.9 Å². The molecule has 90 valence electrons. The van der Waals surface area contributed by atoms with Crippen molar-refractivity contribution in [3.63, 3.8) is 0 Å². The average molecular weight is 234 g/mol. The quantitative estimate of drug-likeness (QED) is 0.860. The van der Waals surface area contributed by atoms with Gasteiger partial charge in [-0.1, -0.05) is 0 Å². The van der Waals surface area contributed by atoms with E-state index in [4.69, 9.17) is 15.2 Å². The van der Waals surface area contributed by atoms with Gasteiger partial charge in [0.1, 0.15) is 11.5 Å². The van der Waals surface area contributed by atoms with Gasteiger partial charge in [0.25, 0.3) is 0 Å². The molecular weight excluding hydrogens is 220 g/mol. The summed E-state index contributed by atoms with van der Waals surface area (Å²) in [6.07, 6.45) is 0. The van der Waals surface area contributed by atoms with E-state index >= 15 is 0 Å². The summed E-state index contributed by atoms with van der Waals surface area (Å²) in [6.45, 7) is 0. The lowest BCUT2D eigenvalue weighted by molar-refractivity contribution is 0.404. The highest BCUT2D eigenvalue weighted by atomic mass is 16.5. The molecule has 0 saturated heterocycles. The lowest BCUT2D eigenvalue weighted by Gasteiger charge is -2.07. The van der Waals surface area contributed by atoms with Crippen LogP contribution >= 0.6 is 0 Å². The molecule has 0 bridgehead atoms. The first-order valence-electron chi connectivity index (χ1n) is 5.04. The van der Waals surface area contributed by atoms with Gasteiger partial charge in [-0.05, 0) is 18.2 Å². The second kappa shape index (κ2) is 4.32. The minimum Gasteiger partial charge on any atom is -0.497 e. The molecule has 6 heteroatoms. The standard InChI is InChI=1S/C11H14N4O2/c1-15-11(12)13-10(14-15)8-6-7(16-2)4-5-9(8)17-3/h4-6H,1-3H3,(H2,12,13,14). The number of aryl methyl sites for hydroxylation is 1. The van der Waals surface area contributed by atoms with Gasteiger partial charge in [0.15, 0.2) is 5.82 Å². The normalized spacial score (nSPS) is 10.3. The number of hydrogen-bond donors (Lipinski definition) is 1. The number of rotatable bonds is 3. The van der Waals surface area contributed by atoms with Gasteiger partial charge in [0.05, 0.1) is 19.8 Å². The first kappa shape index (κ1) is 11.3. The number of nitrogens with two attached hydrogens (primary N) is 1. The van der Waals surface area contributed by atoms with Crippen molar-refractivity contribution in [1.82, 2.24) is 14.8 Å². The zero-order valence-corrected chi connectivity index (χ0v) is 9.97. The van der Waals surface area contributed by atoms with E-state index in [1.807, 2.05) is 12.1 Å². The van der Waals surface area contributed by atoms with Crippen LogP contribution in [0, 0.1) is 0 Å². The molecule has 1 aromatic carbocycles. The molecule has 1 heterocycles.